The van der Waals surface area contributed by atoms with Crippen molar-refractivity contribution in [3.05, 3.63) is 65.9 Å². The number of fused-ring (bicyclic) bond motifs is 1. The fourth-order valence-electron chi connectivity index (χ4n) is 2.31. The Hall–Kier alpha value is -2.22. The van der Waals surface area contributed by atoms with E-state index < -0.39 is 0 Å². The molecule has 0 N–H and O–H groups in total. The number of hydrogen-bond acceptors (Lipinski definition) is 2. The Kier molecular flexibility index (Phi) is 3.23. The zero-order chi connectivity index (χ0) is 13.1. The number of methoxy groups -OCH3 is 1. The first kappa shape index (κ1) is 11.8. The molecule has 2 heteroatoms. The summed E-state index contributed by atoms with van der Waals surface area (Å²) in [5.74, 6) is 0.870. The maximum atomic E-state index is 5.58. The summed E-state index contributed by atoms with van der Waals surface area (Å²) in [4.78, 5) is 0. The van der Waals surface area contributed by atoms with E-state index >= 15 is 0 Å². The molecule has 1 heterocycles. The van der Waals surface area contributed by atoms with Gasteiger partial charge >= 0.3 is 0 Å². The molecule has 0 radical (unpaired) electrons. The van der Waals surface area contributed by atoms with E-state index in [0.29, 0.717) is 0 Å². The lowest BCUT2D eigenvalue weighted by atomic mass is 10.0. The lowest BCUT2D eigenvalue weighted by molar-refractivity contribution is 0.415. The predicted octanol–water partition coefficient (Wildman–Crippen LogP) is 4.23. The first-order chi connectivity index (χ1) is 9.36. The quantitative estimate of drug-likeness (QED) is 0.693. The van der Waals surface area contributed by atoms with Crippen molar-refractivity contribution < 1.29 is 9.15 Å². The van der Waals surface area contributed by atoms with Crippen LogP contribution in [0, 0.1) is 0 Å². The van der Waals surface area contributed by atoms with Gasteiger partial charge < -0.3 is 9.15 Å². The monoisotopic (exact) mass is 252 g/mol. The van der Waals surface area contributed by atoms with Gasteiger partial charge in [-0.25, -0.2) is 0 Å². The number of ether oxygens (including phenoxy) is 1. The Balaban J connectivity index is 1.84. The molecule has 0 aliphatic rings. The number of hydrogen-bond donors (Lipinski definition) is 0. The molecule has 19 heavy (non-hydrogen) atoms. The lowest BCUT2D eigenvalue weighted by Crippen LogP contribution is -1.90. The average molecular weight is 252 g/mol. The highest BCUT2D eigenvalue weighted by Crippen LogP contribution is 2.26. The second kappa shape index (κ2) is 5.19. The molecule has 0 aliphatic carbocycles. The third-order valence-corrected chi connectivity index (χ3v) is 3.39. The van der Waals surface area contributed by atoms with Crippen molar-refractivity contribution >= 4 is 11.0 Å². The second-order valence-electron chi connectivity index (χ2n) is 4.61. The van der Waals surface area contributed by atoms with Gasteiger partial charge in [0, 0.05) is 5.39 Å². The van der Waals surface area contributed by atoms with Crippen molar-refractivity contribution in [2.45, 2.75) is 12.8 Å². The zero-order valence-electron chi connectivity index (χ0n) is 10.9. The van der Waals surface area contributed by atoms with Crippen LogP contribution in [0.3, 0.4) is 0 Å². The molecule has 0 amide bonds. The van der Waals surface area contributed by atoms with Crippen LogP contribution in [0.1, 0.15) is 11.1 Å². The van der Waals surface area contributed by atoms with Crippen molar-refractivity contribution in [1.29, 1.82) is 0 Å². The number of aryl methyl sites for hydroxylation is 2. The van der Waals surface area contributed by atoms with Gasteiger partial charge in [-0.05, 0) is 42.2 Å². The third-order valence-electron chi connectivity index (χ3n) is 3.39. The zero-order valence-corrected chi connectivity index (χ0v) is 10.9. The molecule has 0 bridgehead atoms. The van der Waals surface area contributed by atoms with E-state index in [1.807, 2.05) is 30.5 Å². The molecule has 0 atom stereocenters. The van der Waals surface area contributed by atoms with E-state index in [1.165, 1.54) is 11.1 Å². The van der Waals surface area contributed by atoms with Gasteiger partial charge in [0.15, 0.2) is 0 Å². The summed E-state index contributed by atoms with van der Waals surface area (Å²) >= 11 is 0. The summed E-state index contributed by atoms with van der Waals surface area (Å²) in [6, 6.07) is 16.4. The van der Waals surface area contributed by atoms with Crippen molar-refractivity contribution in [3.8, 4) is 5.75 Å². The molecule has 0 aliphatic heterocycles. The molecule has 3 aromatic rings. The molecule has 0 fully saturated rings. The molecule has 0 saturated carbocycles. The van der Waals surface area contributed by atoms with Gasteiger partial charge in [0.05, 0.1) is 13.4 Å². The Labute approximate surface area is 112 Å². The van der Waals surface area contributed by atoms with Crippen LogP contribution in [0.5, 0.6) is 5.75 Å². The minimum Gasteiger partial charge on any atom is -0.497 e. The molecule has 0 unspecified atom stereocenters. The molecule has 0 spiro atoms. The van der Waals surface area contributed by atoms with Crippen LogP contribution in [0.15, 0.2) is 59.2 Å². The first-order valence-electron chi connectivity index (χ1n) is 6.45. The highest BCUT2D eigenvalue weighted by Gasteiger charge is 2.07. The molecule has 0 saturated heterocycles. The Morgan fingerprint density at radius 3 is 2.63 bits per heavy atom. The minimum absolute atomic E-state index is 0.870. The maximum Gasteiger partial charge on any atom is 0.134 e. The summed E-state index contributed by atoms with van der Waals surface area (Å²) in [5.41, 5.74) is 3.50. The normalized spacial score (nSPS) is 10.8. The van der Waals surface area contributed by atoms with Crippen LogP contribution in [0.4, 0.5) is 0 Å². The highest BCUT2D eigenvalue weighted by molar-refractivity contribution is 5.82. The van der Waals surface area contributed by atoms with Gasteiger partial charge in [-0.15, -0.1) is 0 Å². The van der Waals surface area contributed by atoms with Gasteiger partial charge in [-0.2, -0.15) is 0 Å². The summed E-state index contributed by atoms with van der Waals surface area (Å²) in [6.07, 6.45) is 3.85. The van der Waals surface area contributed by atoms with E-state index in [2.05, 4.69) is 24.3 Å². The fraction of sp³-hybridized carbons (Fsp3) is 0.176. The fourth-order valence-corrected chi connectivity index (χ4v) is 2.31. The van der Waals surface area contributed by atoms with Gasteiger partial charge in [-0.1, -0.05) is 30.3 Å². The van der Waals surface area contributed by atoms with Crippen LogP contribution in [0.25, 0.3) is 11.0 Å². The van der Waals surface area contributed by atoms with E-state index in [4.69, 9.17) is 9.15 Å². The van der Waals surface area contributed by atoms with Crippen molar-refractivity contribution in [2.75, 3.05) is 7.11 Å². The summed E-state index contributed by atoms with van der Waals surface area (Å²) in [7, 11) is 1.69. The van der Waals surface area contributed by atoms with Crippen LogP contribution < -0.4 is 4.74 Å². The van der Waals surface area contributed by atoms with E-state index in [9.17, 15) is 0 Å². The minimum atomic E-state index is 0.870. The predicted molar refractivity (Wildman–Crippen MR) is 76.6 cm³/mol. The largest absolute Gasteiger partial charge is 0.497 e. The standard InChI is InChI=1S/C17H16O2/c1-18-15-9-10-17-16(11-15)14(12-19-17)8-7-13-5-3-2-4-6-13/h2-6,9-12H,7-8H2,1H3. The lowest BCUT2D eigenvalue weighted by Gasteiger charge is -2.01. The van der Waals surface area contributed by atoms with E-state index in [-0.39, 0.29) is 0 Å². The van der Waals surface area contributed by atoms with Gasteiger partial charge in [0.25, 0.3) is 0 Å². The summed E-state index contributed by atoms with van der Waals surface area (Å²) in [6.45, 7) is 0. The van der Waals surface area contributed by atoms with Crippen molar-refractivity contribution in [1.82, 2.24) is 0 Å². The van der Waals surface area contributed by atoms with Crippen LogP contribution in [0.2, 0.25) is 0 Å². The Morgan fingerprint density at radius 1 is 1.00 bits per heavy atom. The number of rotatable bonds is 4. The number of furan rings is 1. The third kappa shape index (κ3) is 2.48. The molecule has 1 aromatic heterocycles. The van der Waals surface area contributed by atoms with E-state index in [0.717, 1.165) is 29.6 Å². The molecular formula is C17H16O2. The highest BCUT2D eigenvalue weighted by atomic mass is 16.5. The molecule has 2 nitrogen and oxygen atoms in total. The average Bonchev–Trinajstić information content (AvgIpc) is 2.88. The van der Waals surface area contributed by atoms with Crippen molar-refractivity contribution in [2.24, 2.45) is 0 Å². The molecule has 96 valence electrons. The van der Waals surface area contributed by atoms with Crippen LogP contribution in [-0.4, -0.2) is 7.11 Å². The second-order valence-corrected chi connectivity index (χ2v) is 4.61. The topological polar surface area (TPSA) is 22.4 Å². The van der Waals surface area contributed by atoms with E-state index in [1.54, 1.807) is 7.11 Å². The summed E-state index contributed by atoms with van der Waals surface area (Å²) < 4.78 is 10.8. The Bertz CT molecular complexity index is 668. The first-order valence-corrected chi connectivity index (χ1v) is 6.45. The molecule has 2 aromatic carbocycles. The molecular weight excluding hydrogens is 236 g/mol. The van der Waals surface area contributed by atoms with Crippen LogP contribution >= 0.6 is 0 Å². The van der Waals surface area contributed by atoms with Gasteiger partial charge in [0.2, 0.25) is 0 Å². The van der Waals surface area contributed by atoms with Gasteiger partial charge in [-0.3, -0.25) is 0 Å². The van der Waals surface area contributed by atoms with Crippen LogP contribution in [-0.2, 0) is 12.8 Å². The summed E-state index contributed by atoms with van der Waals surface area (Å²) in [5, 5.41) is 1.15. The smallest absolute Gasteiger partial charge is 0.134 e. The number of benzene rings is 2. The van der Waals surface area contributed by atoms with Crippen molar-refractivity contribution in [3.63, 3.8) is 0 Å². The van der Waals surface area contributed by atoms with Gasteiger partial charge in [0.1, 0.15) is 11.3 Å². The molecule has 3 rings (SSSR count). The SMILES string of the molecule is COc1ccc2occ(CCc3ccccc3)c2c1. The maximum absolute atomic E-state index is 5.58. The Morgan fingerprint density at radius 2 is 1.84 bits per heavy atom.